The molecular formula is C31H25BrClFN4O3. The van der Waals surface area contributed by atoms with Gasteiger partial charge >= 0.3 is 5.97 Å². The summed E-state index contributed by atoms with van der Waals surface area (Å²) in [5.41, 5.74) is 2.70. The minimum Gasteiger partial charge on any atom is -0.478 e. The van der Waals surface area contributed by atoms with Gasteiger partial charge in [-0.25, -0.2) is 14.2 Å². The average Bonchev–Trinajstić information content (AvgIpc) is 3.53. The van der Waals surface area contributed by atoms with Crippen molar-refractivity contribution in [2.75, 3.05) is 11.9 Å². The number of aromatic nitrogens is 2. The molecule has 3 aromatic carbocycles. The van der Waals surface area contributed by atoms with Gasteiger partial charge in [0.1, 0.15) is 17.2 Å². The van der Waals surface area contributed by atoms with Crippen molar-refractivity contribution in [2.45, 2.75) is 49.2 Å². The molecule has 1 spiro atoms. The van der Waals surface area contributed by atoms with Crippen LogP contribution in [0.3, 0.4) is 0 Å². The lowest BCUT2D eigenvalue weighted by atomic mass is 9.69. The first kappa shape index (κ1) is 25.4. The molecule has 3 aliphatic heterocycles. The van der Waals surface area contributed by atoms with E-state index in [2.05, 4.69) is 30.7 Å². The molecule has 4 aromatic rings. The van der Waals surface area contributed by atoms with E-state index < -0.39 is 17.4 Å². The molecule has 7 nitrogen and oxygen atoms in total. The van der Waals surface area contributed by atoms with Crippen molar-refractivity contribution in [3.8, 4) is 0 Å². The van der Waals surface area contributed by atoms with Gasteiger partial charge in [-0.2, -0.15) is 0 Å². The molecule has 10 heteroatoms. The van der Waals surface area contributed by atoms with E-state index in [0.717, 1.165) is 36.3 Å². The number of hydrogen-bond donors (Lipinski definition) is 2. The van der Waals surface area contributed by atoms with E-state index in [1.807, 2.05) is 18.2 Å². The van der Waals surface area contributed by atoms with Crippen LogP contribution in [0.25, 0.3) is 11.0 Å². The molecule has 4 atom stereocenters. The number of carboxylic acid groups (broad SMARTS) is 1. The number of nitrogens with one attached hydrogen (secondary N) is 1. The molecule has 1 aliphatic carbocycles. The highest BCUT2D eigenvalue weighted by Crippen LogP contribution is 2.61. The molecule has 8 rings (SSSR count). The van der Waals surface area contributed by atoms with Crippen LogP contribution in [-0.4, -0.2) is 49.6 Å². The third kappa shape index (κ3) is 3.61. The topological polar surface area (TPSA) is 87.5 Å². The highest BCUT2D eigenvalue weighted by molar-refractivity contribution is 9.10. The second-order valence-corrected chi connectivity index (χ2v) is 13.0. The number of carbonyl (C=O) groups is 2. The zero-order chi connectivity index (χ0) is 28.2. The van der Waals surface area contributed by atoms with Crippen LogP contribution in [0.4, 0.5) is 10.1 Å². The molecule has 1 saturated heterocycles. The van der Waals surface area contributed by atoms with Crippen LogP contribution in [0.2, 0.25) is 5.02 Å². The third-order valence-corrected chi connectivity index (χ3v) is 10.4. The Bertz CT molecular complexity index is 1810. The summed E-state index contributed by atoms with van der Waals surface area (Å²) in [5, 5.41) is 13.3. The monoisotopic (exact) mass is 634 g/mol. The van der Waals surface area contributed by atoms with E-state index in [0.29, 0.717) is 45.1 Å². The lowest BCUT2D eigenvalue weighted by Gasteiger charge is -2.46. The molecule has 4 heterocycles. The second-order valence-electron chi connectivity index (χ2n) is 11.8. The van der Waals surface area contributed by atoms with Gasteiger partial charge in [-0.15, -0.1) is 0 Å². The van der Waals surface area contributed by atoms with Gasteiger partial charge < -0.3 is 15.0 Å². The van der Waals surface area contributed by atoms with Gasteiger partial charge in [0.25, 0.3) is 0 Å². The zero-order valence-corrected chi connectivity index (χ0v) is 24.1. The average molecular weight is 636 g/mol. The molecular weight excluding hydrogens is 611 g/mol. The number of aromatic carboxylic acids is 1. The molecule has 0 radical (unpaired) electrons. The summed E-state index contributed by atoms with van der Waals surface area (Å²) in [5.74, 6) is -1.10. The Hall–Kier alpha value is -3.27. The van der Waals surface area contributed by atoms with E-state index in [-0.39, 0.29) is 29.2 Å². The summed E-state index contributed by atoms with van der Waals surface area (Å²) in [6, 6.07) is 15.8. The maximum absolute atomic E-state index is 16.1. The maximum Gasteiger partial charge on any atom is 0.335 e. The highest BCUT2D eigenvalue weighted by atomic mass is 79.9. The van der Waals surface area contributed by atoms with Crippen LogP contribution in [0.1, 0.15) is 52.0 Å². The van der Waals surface area contributed by atoms with Gasteiger partial charge in [0, 0.05) is 48.1 Å². The summed E-state index contributed by atoms with van der Waals surface area (Å²) in [7, 11) is 0. The first-order valence-corrected chi connectivity index (χ1v) is 15.0. The van der Waals surface area contributed by atoms with E-state index >= 15 is 4.39 Å². The second kappa shape index (κ2) is 8.86. The van der Waals surface area contributed by atoms with Crippen molar-refractivity contribution in [3.05, 3.63) is 92.4 Å². The first-order chi connectivity index (χ1) is 19.8. The smallest absolute Gasteiger partial charge is 0.335 e. The number of rotatable bonds is 4. The Morgan fingerprint density at radius 2 is 2.02 bits per heavy atom. The summed E-state index contributed by atoms with van der Waals surface area (Å²) in [6.07, 6.45) is 2.64. The first-order valence-electron chi connectivity index (χ1n) is 13.8. The molecule has 41 heavy (non-hydrogen) atoms. The lowest BCUT2D eigenvalue weighted by molar-refractivity contribution is -0.129. The predicted octanol–water partition coefficient (Wildman–Crippen LogP) is 6.20. The van der Waals surface area contributed by atoms with Gasteiger partial charge in [0.05, 0.1) is 21.1 Å². The van der Waals surface area contributed by atoms with E-state index in [1.54, 1.807) is 36.4 Å². The van der Waals surface area contributed by atoms with Crippen LogP contribution >= 0.6 is 27.5 Å². The largest absolute Gasteiger partial charge is 0.478 e. The van der Waals surface area contributed by atoms with Crippen molar-refractivity contribution in [2.24, 2.45) is 5.92 Å². The molecule has 2 N–H and O–H groups in total. The van der Waals surface area contributed by atoms with Crippen LogP contribution in [-0.2, 0) is 17.8 Å². The van der Waals surface area contributed by atoms with Crippen molar-refractivity contribution >= 4 is 56.1 Å². The number of anilines is 1. The minimum atomic E-state index is -1.05. The zero-order valence-electron chi connectivity index (χ0n) is 21.8. The molecule has 1 amide bonds. The number of fused-ring (bicyclic) bond motifs is 6. The van der Waals surface area contributed by atoms with Crippen molar-refractivity contribution in [1.82, 2.24) is 14.5 Å². The summed E-state index contributed by atoms with van der Waals surface area (Å²) >= 11 is 9.68. The summed E-state index contributed by atoms with van der Waals surface area (Å²) in [4.78, 5) is 33.5. The quantitative estimate of drug-likeness (QED) is 0.279. The Morgan fingerprint density at radius 3 is 2.80 bits per heavy atom. The normalized spacial score (nSPS) is 26.7. The number of amides is 1. The van der Waals surface area contributed by atoms with Crippen LogP contribution in [0, 0.1) is 11.7 Å². The van der Waals surface area contributed by atoms with Gasteiger partial charge in [-0.1, -0.05) is 29.8 Å². The molecule has 2 fully saturated rings. The summed E-state index contributed by atoms with van der Waals surface area (Å²) < 4.78 is 18.6. The predicted molar refractivity (Wildman–Crippen MR) is 156 cm³/mol. The number of nitrogens with zero attached hydrogens (tertiary/aromatic N) is 3. The number of carboxylic acids is 1. The number of carbonyl (C=O) groups excluding carboxylic acids is 1. The SMILES string of the molecule is O=C(O)c1ccc2c(c1)nc1n2C[C@H]2[C@@H]1[C@H](c1cccc(Br)c1F)[C@@]1(Cc3ccc(Cl)cc3NC1=O)N2CC1CC1. The molecule has 0 unspecified atom stereocenters. The molecule has 1 saturated carbocycles. The standard InChI is InChI=1S/C31H25BrClFN4O3/c32-20-3-1-2-19(27(20)34)26-25-24(14-37-23-9-7-16(29(39)40)10-22(23)35-28(25)37)38(13-15-4-5-15)31(26)12-17-6-8-18(33)11-21(17)36-30(31)41/h1-3,6-11,15,24-26H,4-5,12-14H2,(H,36,41)(H,39,40)/t24-,25+,26-,31+/m0/s1. The third-order valence-electron chi connectivity index (χ3n) is 9.54. The van der Waals surface area contributed by atoms with Gasteiger partial charge in [0.15, 0.2) is 0 Å². The van der Waals surface area contributed by atoms with Crippen molar-refractivity contribution < 1.29 is 19.1 Å². The number of imidazole rings is 1. The van der Waals surface area contributed by atoms with Gasteiger partial charge in [0.2, 0.25) is 5.91 Å². The van der Waals surface area contributed by atoms with E-state index in [4.69, 9.17) is 16.6 Å². The minimum absolute atomic E-state index is 0.0790. The molecule has 208 valence electrons. The number of likely N-dealkylation sites (tertiary alicyclic amines) is 1. The molecule has 4 aliphatic rings. The van der Waals surface area contributed by atoms with Crippen LogP contribution < -0.4 is 5.32 Å². The van der Waals surface area contributed by atoms with Crippen molar-refractivity contribution in [1.29, 1.82) is 0 Å². The number of halogens is 3. The highest BCUT2D eigenvalue weighted by Gasteiger charge is 2.67. The Kier molecular flexibility index (Phi) is 5.50. The lowest BCUT2D eigenvalue weighted by Crippen LogP contribution is -2.61. The molecule has 0 bridgehead atoms. The Labute approximate surface area is 248 Å². The number of hydrogen-bond acceptors (Lipinski definition) is 4. The summed E-state index contributed by atoms with van der Waals surface area (Å²) in [6.45, 7) is 1.33. The maximum atomic E-state index is 16.1. The fraction of sp³-hybridized carbons (Fsp3) is 0.323. The Balaban J connectivity index is 1.37. The Morgan fingerprint density at radius 1 is 1.20 bits per heavy atom. The van der Waals surface area contributed by atoms with Crippen LogP contribution in [0.5, 0.6) is 0 Å². The van der Waals surface area contributed by atoms with Gasteiger partial charge in [-0.3, -0.25) is 9.69 Å². The fourth-order valence-electron chi connectivity index (χ4n) is 7.63. The molecule has 1 aromatic heterocycles. The van der Waals surface area contributed by atoms with Gasteiger partial charge in [-0.05, 0) is 82.2 Å². The van der Waals surface area contributed by atoms with Crippen molar-refractivity contribution in [3.63, 3.8) is 0 Å². The van der Waals surface area contributed by atoms with E-state index in [9.17, 15) is 14.7 Å². The van der Waals surface area contributed by atoms with E-state index in [1.165, 1.54) is 0 Å². The fourth-order valence-corrected chi connectivity index (χ4v) is 8.18. The number of benzene rings is 3. The van der Waals surface area contributed by atoms with Crippen LogP contribution in [0.15, 0.2) is 59.1 Å².